The van der Waals surface area contributed by atoms with Crippen LogP contribution in [0.5, 0.6) is 0 Å². The molecule has 2 fully saturated rings. The molecule has 2 saturated heterocycles. The highest BCUT2D eigenvalue weighted by Gasteiger charge is 2.23. The van der Waals surface area contributed by atoms with E-state index in [-0.39, 0.29) is 24.5 Å². The molecule has 2 aliphatic rings. The number of ether oxygens (including phenoxy) is 1. The van der Waals surface area contributed by atoms with Crippen molar-refractivity contribution in [1.29, 1.82) is 0 Å². The van der Waals surface area contributed by atoms with Gasteiger partial charge in [-0.05, 0) is 38.9 Å². The number of carbonyl (C=O) groups excluding carboxylic acids is 2. The molecule has 6 heteroatoms. The zero-order chi connectivity index (χ0) is 14.4. The second-order valence-corrected chi connectivity index (χ2v) is 5.66. The van der Waals surface area contributed by atoms with Crippen LogP contribution >= 0.6 is 0 Å². The molecule has 0 aromatic heterocycles. The predicted octanol–water partition coefficient (Wildman–Crippen LogP) is -0.164. The zero-order valence-corrected chi connectivity index (χ0v) is 12.3. The Balaban J connectivity index is 1.54. The van der Waals surface area contributed by atoms with E-state index in [0.717, 1.165) is 13.0 Å². The minimum Gasteiger partial charge on any atom is -0.365 e. The Kier molecular flexibility index (Phi) is 5.79. The van der Waals surface area contributed by atoms with Gasteiger partial charge in [0.1, 0.15) is 6.61 Å². The Morgan fingerprint density at radius 2 is 2.15 bits per heavy atom. The van der Waals surface area contributed by atoms with E-state index in [0.29, 0.717) is 19.5 Å². The first-order chi connectivity index (χ1) is 9.65. The van der Waals surface area contributed by atoms with Crippen LogP contribution in [0.15, 0.2) is 0 Å². The fourth-order valence-electron chi connectivity index (χ4n) is 2.67. The SMILES string of the molecule is CN1C[C@H](CNC(=O)CCCN2CCCC2)OCC1=O. The highest BCUT2D eigenvalue weighted by atomic mass is 16.5. The van der Waals surface area contributed by atoms with Gasteiger partial charge in [-0.25, -0.2) is 0 Å². The van der Waals surface area contributed by atoms with E-state index >= 15 is 0 Å². The van der Waals surface area contributed by atoms with E-state index in [1.54, 1.807) is 11.9 Å². The Hall–Kier alpha value is -1.14. The Morgan fingerprint density at radius 3 is 2.85 bits per heavy atom. The summed E-state index contributed by atoms with van der Waals surface area (Å²) in [6.45, 7) is 4.53. The van der Waals surface area contributed by atoms with Crippen LogP contribution in [0, 0.1) is 0 Å². The normalized spacial score (nSPS) is 24.1. The van der Waals surface area contributed by atoms with Crippen molar-refractivity contribution < 1.29 is 14.3 Å². The Morgan fingerprint density at radius 1 is 1.40 bits per heavy atom. The van der Waals surface area contributed by atoms with Crippen LogP contribution in [0.25, 0.3) is 0 Å². The van der Waals surface area contributed by atoms with E-state index in [4.69, 9.17) is 4.74 Å². The van der Waals surface area contributed by atoms with Crippen molar-refractivity contribution in [3.8, 4) is 0 Å². The molecular formula is C14H25N3O3. The second kappa shape index (κ2) is 7.59. The van der Waals surface area contributed by atoms with Gasteiger partial charge >= 0.3 is 0 Å². The summed E-state index contributed by atoms with van der Waals surface area (Å²) in [5.41, 5.74) is 0. The number of likely N-dealkylation sites (tertiary alicyclic amines) is 1. The van der Waals surface area contributed by atoms with Gasteiger partial charge < -0.3 is 19.9 Å². The number of nitrogens with zero attached hydrogens (tertiary/aromatic N) is 2. The highest BCUT2D eigenvalue weighted by Crippen LogP contribution is 2.08. The molecule has 0 aromatic rings. The topological polar surface area (TPSA) is 61.9 Å². The summed E-state index contributed by atoms with van der Waals surface area (Å²) in [4.78, 5) is 27.1. The molecular weight excluding hydrogens is 258 g/mol. The zero-order valence-electron chi connectivity index (χ0n) is 12.3. The summed E-state index contributed by atoms with van der Waals surface area (Å²) in [5, 5.41) is 2.89. The molecule has 0 bridgehead atoms. The minimum atomic E-state index is -0.0831. The molecule has 6 nitrogen and oxygen atoms in total. The van der Waals surface area contributed by atoms with Gasteiger partial charge in [-0.2, -0.15) is 0 Å². The first kappa shape index (κ1) is 15.3. The lowest BCUT2D eigenvalue weighted by Crippen LogP contribution is -2.48. The van der Waals surface area contributed by atoms with Crippen LogP contribution in [0.4, 0.5) is 0 Å². The Bertz CT molecular complexity index is 343. The maximum atomic E-state index is 11.7. The first-order valence-electron chi connectivity index (χ1n) is 7.50. The van der Waals surface area contributed by atoms with E-state index < -0.39 is 0 Å². The fraction of sp³-hybridized carbons (Fsp3) is 0.857. The molecule has 0 spiro atoms. The van der Waals surface area contributed by atoms with Crippen LogP contribution in [-0.2, 0) is 14.3 Å². The molecule has 2 aliphatic heterocycles. The second-order valence-electron chi connectivity index (χ2n) is 5.66. The van der Waals surface area contributed by atoms with Crippen molar-refractivity contribution in [2.45, 2.75) is 31.8 Å². The third-order valence-corrected chi connectivity index (χ3v) is 3.95. The van der Waals surface area contributed by atoms with Gasteiger partial charge in [0, 0.05) is 26.6 Å². The summed E-state index contributed by atoms with van der Waals surface area (Å²) >= 11 is 0. The molecule has 2 rings (SSSR count). The highest BCUT2D eigenvalue weighted by molar-refractivity contribution is 5.78. The number of morpholine rings is 1. The van der Waals surface area contributed by atoms with Gasteiger partial charge in [0.05, 0.1) is 6.10 Å². The van der Waals surface area contributed by atoms with Crippen molar-refractivity contribution in [2.24, 2.45) is 0 Å². The van der Waals surface area contributed by atoms with Crippen LogP contribution < -0.4 is 5.32 Å². The molecule has 20 heavy (non-hydrogen) atoms. The van der Waals surface area contributed by atoms with E-state index in [1.807, 2.05) is 0 Å². The standard InChI is InChI=1S/C14H25N3O3/c1-16-10-12(20-11-14(16)19)9-15-13(18)5-4-8-17-6-2-3-7-17/h12H,2-11H2,1H3,(H,15,18)/t12-/m0/s1. The monoisotopic (exact) mass is 283 g/mol. The molecule has 1 N–H and O–H groups in total. The van der Waals surface area contributed by atoms with Gasteiger partial charge in [-0.3, -0.25) is 9.59 Å². The van der Waals surface area contributed by atoms with Crippen LogP contribution in [0.2, 0.25) is 0 Å². The van der Waals surface area contributed by atoms with Crippen LogP contribution in [0.1, 0.15) is 25.7 Å². The third-order valence-electron chi connectivity index (χ3n) is 3.95. The molecule has 0 unspecified atom stereocenters. The van der Waals surface area contributed by atoms with Crippen LogP contribution in [0.3, 0.4) is 0 Å². The number of hydrogen-bond donors (Lipinski definition) is 1. The summed E-state index contributed by atoms with van der Waals surface area (Å²) in [5.74, 6) is 0.0746. The van der Waals surface area contributed by atoms with E-state index in [1.165, 1.54) is 25.9 Å². The first-order valence-corrected chi connectivity index (χ1v) is 7.50. The molecule has 0 radical (unpaired) electrons. The summed E-state index contributed by atoms with van der Waals surface area (Å²) < 4.78 is 5.38. The predicted molar refractivity (Wildman–Crippen MR) is 75.3 cm³/mol. The quantitative estimate of drug-likeness (QED) is 0.735. The smallest absolute Gasteiger partial charge is 0.248 e. The van der Waals surface area contributed by atoms with Gasteiger partial charge in [0.25, 0.3) is 0 Å². The van der Waals surface area contributed by atoms with Crippen LogP contribution in [-0.4, -0.2) is 74.1 Å². The molecule has 114 valence electrons. The molecule has 0 aliphatic carbocycles. The average molecular weight is 283 g/mol. The molecule has 1 atom stereocenters. The number of nitrogens with one attached hydrogen (secondary N) is 1. The lowest BCUT2D eigenvalue weighted by atomic mass is 10.2. The summed E-state index contributed by atoms with van der Waals surface area (Å²) in [7, 11) is 1.76. The number of amides is 2. The Labute approximate surface area is 120 Å². The largest absolute Gasteiger partial charge is 0.365 e. The number of hydrogen-bond acceptors (Lipinski definition) is 4. The van der Waals surface area contributed by atoms with Gasteiger partial charge in [0.15, 0.2) is 0 Å². The fourth-order valence-corrected chi connectivity index (χ4v) is 2.67. The van der Waals surface area contributed by atoms with Gasteiger partial charge in [-0.15, -0.1) is 0 Å². The molecule has 2 amide bonds. The number of carbonyl (C=O) groups is 2. The van der Waals surface area contributed by atoms with E-state index in [9.17, 15) is 9.59 Å². The minimum absolute atomic E-state index is 0.00168. The number of likely N-dealkylation sites (N-methyl/N-ethyl adjacent to an activating group) is 1. The maximum absolute atomic E-state index is 11.7. The van der Waals surface area contributed by atoms with Crippen molar-refractivity contribution in [3.05, 3.63) is 0 Å². The lowest BCUT2D eigenvalue weighted by Gasteiger charge is -2.29. The van der Waals surface area contributed by atoms with Crippen molar-refractivity contribution >= 4 is 11.8 Å². The average Bonchev–Trinajstić information content (AvgIpc) is 2.93. The molecule has 0 saturated carbocycles. The summed E-state index contributed by atoms with van der Waals surface area (Å²) in [6.07, 6.45) is 3.98. The van der Waals surface area contributed by atoms with Crippen molar-refractivity contribution in [2.75, 3.05) is 46.4 Å². The summed E-state index contributed by atoms with van der Waals surface area (Å²) in [6, 6.07) is 0. The van der Waals surface area contributed by atoms with E-state index in [2.05, 4.69) is 10.2 Å². The lowest BCUT2D eigenvalue weighted by molar-refractivity contribution is -0.146. The molecule has 0 aromatic carbocycles. The molecule has 2 heterocycles. The van der Waals surface area contributed by atoms with Gasteiger partial charge in [-0.1, -0.05) is 0 Å². The van der Waals surface area contributed by atoms with Gasteiger partial charge in [0.2, 0.25) is 11.8 Å². The number of rotatable bonds is 6. The maximum Gasteiger partial charge on any atom is 0.248 e. The third kappa shape index (κ3) is 4.76. The van der Waals surface area contributed by atoms with Crippen molar-refractivity contribution in [3.63, 3.8) is 0 Å². The van der Waals surface area contributed by atoms with Crippen molar-refractivity contribution in [1.82, 2.24) is 15.1 Å².